The van der Waals surface area contributed by atoms with Gasteiger partial charge in [-0.05, 0) is 37.8 Å². The van der Waals surface area contributed by atoms with E-state index >= 15 is 0 Å². The van der Waals surface area contributed by atoms with Gasteiger partial charge in [0.2, 0.25) is 5.91 Å². The summed E-state index contributed by atoms with van der Waals surface area (Å²) in [6.45, 7) is 0.433. The van der Waals surface area contributed by atoms with Crippen LogP contribution in [0.2, 0.25) is 0 Å². The van der Waals surface area contributed by atoms with E-state index in [4.69, 9.17) is 5.26 Å². The fraction of sp³-hybridized carbons (Fsp3) is 0.467. The highest BCUT2D eigenvalue weighted by atomic mass is 19.1. The van der Waals surface area contributed by atoms with E-state index in [1.165, 1.54) is 4.90 Å². The Morgan fingerprint density at radius 2 is 1.95 bits per heavy atom. The quantitative estimate of drug-likeness (QED) is 0.927. The second-order valence-electron chi connectivity index (χ2n) is 5.53. The molecule has 3 rings (SSSR count). The summed E-state index contributed by atoms with van der Waals surface area (Å²) in [5.74, 6) is -1.76. The van der Waals surface area contributed by atoms with Crippen molar-refractivity contribution in [1.82, 2.24) is 5.32 Å². The molecule has 6 heteroatoms. The first-order valence-corrected chi connectivity index (χ1v) is 7.06. The molecule has 0 unspecified atom stereocenters. The van der Waals surface area contributed by atoms with Gasteiger partial charge in [-0.2, -0.15) is 5.26 Å². The average molecular weight is 291 g/mol. The molecule has 4 nitrogen and oxygen atoms in total. The summed E-state index contributed by atoms with van der Waals surface area (Å²) in [4.78, 5) is 13.7. The van der Waals surface area contributed by atoms with E-state index in [1.54, 1.807) is 6.07 Å². The van der Waals surface area contributed by atoms with Gasteiger partial charge in [-0.1, -0.05) is 0 Å². The minimum absolute atomic E-state index is 0.0630. The molecule has 1 aliphatic heterocycles. The van der Waals surface area contributed by atoms with Crippen LogP contribution >= 0.6 is 0 Å². The average Bonchev–Trinajstić information content (AvgIpc) is 3.12. The minimum atomic E-state index is -0.794. The van der Waals surface area contributed by atoms with Gasteiger partial charge in [0.15, 0.2) is 11.6 Å². The van der Waals surface area contributed by atoms with Crippen LogP contribution in [0.3, 0.4) is 0 Å². The summed E-state index contributed by atoms with van der Waals surface area (Å²) in [5.41, 5.74) is -0.269. The van der Waals surface area contributed by atoms with Crippen molar-refractivity contribution >= 4 is 11.6 Å². The number of benzene rings is 1. The third-order valence-electron chi connectivity index (χ3n) is 3.91. The van der Waals surface area contributed by atoms with Gasteiger partial charge in [0, 0.05) is 12.6 Å². The van der Waals surface area contributed by atoms with E-state index in [0.717, 1.165) is 25.0 Å². The Labute approximate surface area is 121 Å². The number of hydrogen-bond acceptors (Lipinski definition) is 3. The number of nitriles is 1. The van der Waals surface area contributed by atoms with Crippen molar-refractivity contribution in [3.05, 3.63) is 29.3 Å². The van der Waals surface area contributed by atoms with Crippen LogP contribution < -0.4 is 10.2 Å². The van der Waals surface area contributed by atoms with Crippen LogP contribution in [-0.4, -0.2) is 24.5 Å². The third-order valence-corrected chi connectivity index (χ3v) is 3.91. The van der Waals surface area contributed by atoms with Gasteiger partial charge in [-0.3, -0.25) is 4.79 Å². The predicted octanol–water partition coefficient (Wildman–Crippen LogP) is 2.08. The summed E-state index contributed by atoms with van der Waals surface area (Å²) in [6, 6.07) is 3.41. The molecule has 1 saturated carbocycles. The van der Waals surface area contributed by atoms with Gasteiger partial charge in [0.25, 0.3) is 0 Å². The molecule has 0 bridgehead atoms. The highest BCUT2D eigenvalue weighted by Crippen LogP contribution is 2.32. The van der Waals surface area contributed by atoms with E-state index in [0.29, 0.717) is 19.4 Å². The molecule has 1 aromatic rings. The Morgan fingerprint density at radius 3 is 2.52 bits per heavy atom. The number of nitrogens with zero attached hydrogens (tertiary/aromatic N) is 2. The minimum Gasteiger partial charge on any atom is -0.355 e. The van der Waals surface area contributed by atoms with Crippen LogP contribution in [-0.2, 0) is 4.79 Å². The molecule has 1 heterocycles. The molecule has 21 heavy (non-hydrogen) atoms. The van der Waals surface area contributed by atoms with E-state index < -0.39 is 17.7 Å². The highest BCUT2D eigenvalue weighted by Gasteiger charge is 2.36. The molecular weight excluding hydrogens is 276 g/mol. The first kappa shape index (κ1) is 13.8. The van der Waals surface area contributed by atoms with Gasteiger partial charge < -0.3 is 10.2 Å². The molecular formula is C15H15F2N3O. The number of halogens is 2. The van der Waals surface area contributed by atoms with Gasteiger partial charge in [0.05, 0.1) is 11.6 Å². The topological polar surface area (TPSA) is 56.1 Å². The second kappa shape index (κ2) is 5.32. The Morgan fingerprint density at radius 1 is 1.29 bits per heavy atom. The lowest BCUT2D eigenvalue weighted by Gasteiger charge is -2.26. The van der Waals surface area contributed by atoms with E-state index in [2.05, 4.69) is 5.32 Å². The summed E-state index contributed by atoms with van der Waals surface area (Å²) in [7, 11) is 0. The lowest BCUT2D eigenvalue weighted by Crippen LogP contribution is -2.44. The number of anilines is 1. The Hall–Kier alpha value is -2.16. The molecule has 1 amide bonds. The largest absolute Gasteiger partial charge is 0.355 e. The van der Waals surface area contributed by atoms with Crippen LogP contribution in [0.25, 0.3) is 0 Å². The summed E-state index contributed by atoms with van der Waals surface area (Å²) in [6.07, 6.45) is 3.23. The molecule has 0 aromatic heterocycles. The normalized spacial score (nSPS) is 21.2. The van der Waals surface area contributed by atoms with E-state index in [9.17, 15) is 13.6 Å². The maximum absolute atomic E-state index is 14.1. The fourth-order valence-corrected chi connectivity index (χ4v) is 2.74. The van der Waals surface area contributed by atoms with Gasteiger partial charge in [-0.25, -0.2) is 8.78 Å². The van der Waals surface area contributed by atoms with Crippen molar-refractivity contribution in [3.63, 3.8) is 0 Å². The summed E-state index contributed by atoms with van der Waals surface area (Å²) in [5, 5.41) is 11.6. The number of carbonyl (C=O) groups is 1. The Bertz CT molecular complexity index is 599. The van der Waals surface area contributed by atoms with Gasteiger partial charge >= 0.3 is 0 Å². The molecule has 1 saturated heterocycles. The standard InChI is InChI=1S/C15H15F2N3O/c16-11-6-9(8-18)7-12(17)14(11)20-5-1-2-13(20)15(21)19-10-3-4-10/h6-7,10,13H,1-5H2,(H,19,21)/t13-/m1/s1. The van der Waals surface area contributed by atoms with Crippen molar-refractivity contribution in [2.45, 2.75) is 37.8 Å². The lowest BCUT2D eigenvalue weighted by atomic mass is 10.1. The maximum atomic E-state index is 14.1. The molecule has 0 spiro atoms. The molecule has 1 aromatic carbocycles. The number of hydrogen-bond donors (Lipinski definition) is 1. The zero-order valence-corrected chi connectivity index (χ0v) is 11.4. The molecule has 2 fully saturated rings. The monoisotopic (exact) mass is 291 g/mol. The fourth-order valence-electron chi connectivity index (χ4n) is 2.74. The lowest BCUT2D eigenvalue weighted by molar-refractivity contribution is -0.122. The van der Waals surface area contributed by atoms with E-state index in [-0.39, 0.29) is 23.2 Å². The SMILES string of the molecule is N#Cc1cc(F)c(N2CCC[C@@H]2C(=O)NC2CC2)c(F)c1. The maximum Gasteiger partial charge on any atom is 0.242 e. The van der Waals surface area contributed by atoms with Crippen LogP contribution in [0, 0.1) is 23.0 Å². The summed E-state index contributed by atoms with van der Waals surface area (Å²) < 4.78 is 28.2. The van der Waals surface area contributed by atoms with Crippen LogP contribution in [0.5, 0.6) is 0 Å². The number of nitrogens with one attached hydrogen (secondary N) is 1. The first-order chi connectivity index (χ1) is 10.1. The molecule has 1 atom stereocenters. The Kier molecular flexibility index (Phi) is 3.50. The first-order valence-electron chi connectivity index (χ1n) is 7.06. The Balaban J connectivity index is 1.88. The van der Waals surface area contributed by atoms with Gasteiger partial charge in [-0.15, -0.1) is 0 Å². The number of carbonyl (C=O) groups excluding carboxylic acids is 1. The third kappa shape index (κ3) is 2.68. The van der Waals surface area contributed by atoms with Crippen LogP contribution in [0.1, 0.15) is 31.2 Å². The zero-order chi connectivity index (χ0) is 15.0. The predicted molar refractivity (Wildman–Crippen MR) is 72.6 cm³/mol. The van der Waals surface area contributed by atoms with Crippen molar-refractivity contribution in [3.8, 4) is 6.07 Å². The van der Waals surface area contributed by atoms with Crippen molar-refractivity contribution in [1.29, 1.82) is 5.26 Å². The molecule has 0 radical (unpaired) electrons. The van der Waals surface area contributed by atoms with Gasteiger partial charge in [0.1, 0.15) is 11.7 Å². The molecule has 1 N–H and O–H groups in total. The molecule has 1 aliphatic carbocycles. The summed E-state index contributed by atoms with van der Waals surface area (Å²) >= 11 is 0. The zero-order valence-electron chi connectivity index (χ0n) is 11.4. The molecule has 2 aliphatic rings. The van der Waals surface area contributed by atoms with Crippen LogP contribution in [0.4, 0.5) is 14.5 Å². The van der Waals surface area contributed by atoms with Crippen molar-refractivity contribution in [2.75, 3.05) is 11.4 Å². The molecule has 110 valence electrons. The highest BCUT2D eigenvalue weighted by molar-refractivity contribution is 5.86. The van der Waals surface area contributed by atoms with Crippen molar-refractivity contribution < 1.29 is 13.6 Å². The van der Waals surface area contributed by atoms with Crippen molar-refractivity contribution in [2.24, 2.45) is 0 Å². The number of rotatable bonds is 3. The number of amides is 1. The second-order valence-corrected chi connectivity index (χ2v) is 5.53. The smallest absolute Gasteiger partial charge is 0.242 e. The van der Waals surface area contributed by atoms with E-state index in [1.807, 2.05) is 0 Å². The van der Waals surface area contributed by atoms with Crippen LogP contribution in [0.15, 0.2) is 12.1 Å².